The van der Waals surface area contributed by atoms with E-state index in [9.17, 15) is 29.6 Å². The largest absolute Gasteiger partial charge is 0.496 e. The van der Waals surface area contributed by atoms with Gasteiger partial charge in [-0.2, -0.15) is 0 Å². The number of rotatable bonds is 6. The maximum absolute atomic E-state index is 14.0. The molecule has 2 heterocycles. The van der Waals surface area contributed by atoms with Crippen molar-refractivity contribution in [1.82, 2.24) is 5.32 Å². The minimum absolute atomic E-state index is 0.00547. The number of amides is 2. The average molecular weight is 566 g/mol. The quantitative estimate of drug-likeness (QED) is 0.261. The number of aliphatic carboxylic acids is 1. The number of methoxy groups -OCH3 is 1. The van der Waals surface area contributed by atoms with Crippen LogP contribution >= 0.6 is 15.9 Å². The van der Waals surface area contributed by atoms with Gasteiger partial charge in [-0.1, -0.05) is 52.3 Å². The molecule has 2 N–H and O–H groups in total. The molecule has 0 saturated carbocycles. The van der Waals surface area contributed by atoms with E-state index >= 15 is 0 Å². The smallest absolute Gasteiger partial charge is 0.329 e. The molecule has 10 nitrogen and oxygen atoms in total. The van der Waals surface area contributed by atoms with Crippen molar-refractivity contribution in [2.45, 2.75) is 11.6 Å². The lowest BCUT2D eigenvalue weighted by Gasteiger charge is -2.31. The predicted octanol–water partition coefficient (Wildman–Crippen LogP) is 3.80. The number of carboxylic acids is 1. The second-order valence-electron chi connectivity index (χ2n) is 8.78. The number of imide groups is 1. The van der Waals surface area contributed by atoms with E-state index in [4.69, 9.17) is 4.74 Å². The van der Waals surface area contributed by atoms with Gasteiger partial charge in [-0.05, 0) is 29.8 Å². The van der Waals surface area contributed by atoms with Gasteiger partial charge in [0.05, 0.1) is 29.6 Å². The molecule has 0 aromatic heterocycles. The molecule has 0 bridgehead atoms. The number of nitrogens with zero attached hydrogens (tertiary/aromatic N) is 2. The fourth-order valence-electron chi connectivity index (χ4n) is 5.41. The van der Waals surface area contributed by atoms with Crippen molar-refractivity contribution < 1.29 is 29.2 Å². The molecule has 2 amide bonds. The van der Waals surface area contributed by atoms with E-state index in [1.807, 2.05) is 0 Å². The molecule has 3 aromatic carbocycles. The van der Waals surface area contributed by atoms with Crippen LogP contribution in [0.2, 0.25) is 0 Å². The Morgan fingerprint density at radius 2 is 1.81 bits per heavy atom. The third kappa shape index (κ3) is 3.69. The number of benzene rings is 3. The number of carboxylic acid groups (broad SMARTS) is 1. The van der Waals surface area contributed by atoms with E-state index in [0.29, 0.717) is 21.3 Å². The van der Waals surface area contributed by atoms with E-state index in [1.165, 1.54) is 25.3 Å². The van der Waals surface area contributed by atoms with Gasteiger partial charge in [0.25, 0.3) is 5.69 Å². The fraction of sp³-hybridized carbons (Fsp3) is 0.192. The van der Waals surface area contributed by atoms with E-state index in [2.05, 4.69) is 21.2 Å². The van der Waals surface area contributed by atoms with E-state index < -0.39 is 46.1 Å². The highest BCUT2D eigenvalue weighted by atomic mass is 79.9. The van der Waals surface area contributed by atoms with Crippen molar-refractivity contribution in [1.29, 1.82) is 0 Å². The maximum Gasteiger partial charge on any atom is 0.329 e. The van der Waals surface area contributed by atoms with Crippen LogP contribution in [0.3, 0.4) is 0 Å². The first kappa shape index (κ1) is 24.6. The number of hydrogen-bond acceptors (Lipinski definition) is 7. The zero-order chi connectivity index (χ0) is 26.5. The predicted molar refractivity (Wildman–Crippen MR) is 135 cm³/mol. The normalized spacial score (nSPS) is 24.7. The molecular weight excluding hydrogens is 546 g/mol. The molecule has 0 spiro atoms. The van der Waals surface area contributed by atoms with Gasteiger partial charge in [0.2, 0.25) is 11.8 Å². The number of nitro groups is 1. The average Bonchev–Trinajstić information content (AvgIpc) is 3.39. The number of hydrogen-bond donors (Lipinski definition) is 2. The second kappa shape index (κ2) is 9.09. The molecule has 2 aliphatic heterocycles. The van der Waals surface area contributed by atoms with Crippen LogP contribution in [0.1, 0.15) is 17.2 Å². The van der Waals surface area contributed by atoms with Crippen LogP contribution in [0.4, 0.5) is 11.4 Å². The first-order valence-corrected chi connectivity index (χ1v) is 12.0. The minimum Gasteiger partial charge on any atom is -0.496 e. The van der Waals surface area contributed by atoms with E-state index in [-0.39, 0.29) is 11.4 Å². The Balaban J connectivity index is 1.74. The van der Waals surface area contributed by atoms with E-state index in [0.717, 1.165) is 11.0 Å². The van der Waals surface area contributed by atoms with Gasteiger partial charge in [0.15, 0.2) is 5.54 Å². The molecule has 2 aliphatic rings. The minimum atomic E-state index is -1.95. The Morgan fingerprint density at radius 3 is 2.46 bits per heavy atom. The number of fused-ring (bicyclic) bond motifs is 1. The molecule has 4 atom stereocenters. The molecule has 4 unspecified atom stereocenters. The lowest BCUT2D eigenvalue weighted by Crippen LogP contribution is -2.53. The SMILES string of the molecule is COc1ccc(Br)cc1C1NC(C(=O)O)(c2ccccc2)C2C(=O)N(c3cccc([N+](=O)[O-])c3)C(=O)C12. The first-order valence-electron chi connectivity index (χ1n) is 11.2. The summed E-state index contributed by atoms with van der Waals surface area (Å²) >= 11 is 3.42. The summed E-state index contributed by atoms with van der Waals surface area (Å²) in [7, 11) is 1.46. The molecule has 2 saturated heterocycles. The number of carbonyl (C=O) groups is 3. The monoisotopic (exact) mass is 565 g/mol. The van der Waals surface area contributed by atoms with Gasteiger partial charge in [-0.25, -0.2) is 9.69 Å². The highest BCUT2D eigenvalue weighted by Gasteiger charge is 2.69. The first-order chi connectivity index (χ1) is 17.7. The number of halogens is 1. The van der Waals surface area contributed by atoms with Gasteiger partial charge < -0.3 is 9.84 Å². The number of nitro benzene ring substituents is 1. The summed E-state index contributed by atoms with van der Waals surface area (Å²) in [6.07, 6.45) is 0. The summed E-state index contributed by atoms with van der Waals surface area (Å²) in [5, 5.41) is 25.1. The second-order valence-corrected chi connectivity index (χ2v) is 9.70. The van der Waals surface area contributed by atoms with Gasteiger partial charge in [-0.15, -0.1) is 0 Å². The van der Waals surface area contributed by atoms with Gasteiger partial charge >= 0.3 is 5.97 Å². The number of carbonyl (C=O) groups excluding carboxylic acids is 2. The van der Waals surface area contributed by atoms with Crippen molar-refractivity contribution in [2.24, 2.45) is 11.8 Å². The number of anilines is 1. The zero-order valence-corrected chi connectivity index (χ0v) is 20.9. The molecule has 0 aliphatic carbocycles. The van der Waals surface area contributed by atoms with Crippen LogP contribution < -0.4 is 15.0 Å². The van der Waals surface area contributed by atoms with Crippen LogP contribution in [0.25, 0.3) is 0 Å². The van der Waals surface area contributed by atoms with Gasteiger partial charge in [-0.3, -0.25) is 25.0 Å². The van der Waals surface area contributed by atoms with Gasteiger partial charge in [0, 0.05) is 28.2 Å². The van der Waals surface area contributed by atoms with Crippen molar-refractivity contribution in [3.05, 3.63) is 98.5 Å². The topological polar surface area (TPSA) is 139 Å². The molecule has 188 valence electrons. The van der Waals surface area contributed by atoms with Crippen LogP contribution in [0.5, 0.6) is 5.75 Å². The Hall–Kier alpha value is -4.09. The fourth-order valence-corrected chi connectivity index (χ4v) is 5.79. The molecule has 37 heavy (non-hydrogen) atoms. The number of nitrogens with one attached hydrogen (secondary N) is 1. The number of non-ortho nitro benzene ring substituents is 1. The molecule has 3 aromatic rings. The standard InChI is InChI=1S/C26H20BrN3O7/c1-37-19-11-10-15(27)12-18(19)22-20-21(26(28-22,25(33)34)14-6-3-2-4-7-14)24(32)29(23(20)31)16-8-5-9-17(13-16)30(35)36/h2-13,20-22,28H,1H3,(H,33,34). The lowest BCUT2D eigenvalue weighted by molar-refractivity contribution is -0.384. The summed E-state index contributed by atoms with van der Waals surface area (Å²) in [5.74, 6) is -4.81. The lowest BCUT2D eigenvalue weighted by atomic mass is 9.75. The molecule has 5 rings (SSSR count). The number of ether oxygens (including phenoxy) is 1. The third-order valence-electron chi connectivity index (χ3n) is 6.95. The Labute approximate surface area is 219 Å². The van der Waals surface area contributed by atoms with Crippen LogP contribution in [0, 0.1) is 22.0 Å². The van der Waals surface area contributed by atoms with Crippen LogP contribution in [-0.4, -0.2) is 34.9 Å². The van der Waals surface area contributed by atoms with Crippen LogP contribution in [0.15, 0.2) is 77.3 Å². The Kier molecular flexibility index (Phi) is 6.04. The maximum atomic E-state index is 14.0. The van der Waals surface area contributed by atoms with Crippen molar-refractivity contribution >= 4 is 45.1 Å². The molecule has 0 radical (unpaired) electrons. The highest BCUT2D eigenvalue weighted by Crippen LogP contribution is 2.55. The molecule has 2 fully saturated rings. The third-order valence-corrected chi connectivity index (χ3v) is 7.45. The zero-order valence-electron chi connectivity index (χ0n) is 19.3. The Morgan fingerprint density at radius 1 is 1.08 bits per heavy atom. The highest BCUT2D eigenvalue weighted by molar-refractivity contribution is 9.10. The summed E-state index contributed by atoms with van der Waals surface area (Å²) in [5.41, 5.74) is -1.45. The molecular formula is C26H20BrN3O7. The van der Waals surface area contributed by atoms with Crippen LogP contribution in [-0.2, 0) is 19.9 Å². The van der Waals surface area contributed by atoms with Crippen molar-refractivity contribution in [3.8, 4) is 5.75 Å². The summed E-state index contributed by atoms with van der Waals surface area (Å²) in [6.45, 7) is 0. The summed E-state index contributed by atoms with van der Waals surface area (Å²) in [4.78, 5) is 52.5. The Bertz CT molecular complexity index is 1450. The van der Waals surface area contributed by atoms with Crippen molar-refractivity contribution in [3.63, 3.8) is 0 Å². The molecule has 11 heteroatoms. The summed E-state index contributed by atoms with van der Waals surface area (Å²) < 4.78 is 6.19. The van der Waals surface area contributed by atoms with Crippen molar-refractivity contribution in [2.75, 3.05) is 12.0 Å². The summed E-state index contributed by atoms with van der Waals surface area (Å²) in [6, 6.07) is 17.6. The van der Waals surface area contributed by atoms with E-state index in [1.54, 1.807) is 48.5 Å². The van der Waals surface area contributed by atoms with Gasteiger partial charge in [0.1, 0.15) is 5.75 Å².